The van der Waals surface area contributed by atoms with Crippen molar-refractivity contribution in [2.75, 3.05) is 6.54 Å². The van der Waals surface area contributed by atoms with Crippen LogP contribution in [0.1, 0.15) is 96.8 Å². The average molecular weight is 311 g/mol. The Labute approximate surface area is 138 Å². The van der Waals surface area contributed by atoms with Gasteiger partial charge in [0.1, 0.15) is 0 Å². The molecule has 3 nitrogen and oxygen atoms in total. The highest BCUT2D eigenvalue weighted by Gasteiger charge is 1.93. The van der Waals surface area contributed by atoms with Gasteiger partial charge in [0.2, 0.25) is 0 Å². The smallest absolute Gasteiger partial charge is 0.312 e. The van der Waals surface area contributed by atoms with Crippen molar-refractivity contribution in [3.8, 4) is 0 Å². The lowest BCUT2D eigenvalue weighted by molar-refractivity contribution is 0.248. The van der Waals surface area contributed by atoms with Crippen molar-refractivity contribution in [2.24, 2.45) is 5.73 Å². The molecule has 3 heteroatoms. The maximum atomic E-state index is 10.5. The second-order valence-electron chi connectivity index (χ2n) is 6.23. The summed E-state index contributed by atoms with van der Waals surface area (Å²) in [5.74, 6) is 0. The Balaban J connectivity index is 3.06. The van der Waals surface area contributed by atoms with Gasteiger partial charge in [-0.2, -0.15) is 0 Å². The van der Waals surface area contributed by atoms with Crippen molar-refractivity contribution < 1.29 is 4.79 Å². The summed E-state index contributed by atoms with van der Waals surface area (Å²) in [6, 6.07) is -0.409. The molecule has 0 atom stereocenters. The van der Waals surface area contributed by atoms with Gasteiger partial charge in [0, 0.05) is 6.54 Å². The maximum absolute atomic E-state index is 10.5. The van der Waals surface area contributed by atoms with Gasteiger partial charge in [-0.25, -0.2) is 4.79 Å². The molecular formula is C19H38N2O. The normalized spacial score (nSPS) is 11.1. The Morgan fingerprint density at radius 2 is 1.23 bits per heavy atom. The summed E-state index contributed by atoms with van der Waals surface area (Å²) in [5, 5.41) is 2.62. The lowest BCUT2D eigenvalue weighted by Crippen LogP contribution is -2.29. The Hall–Kier alpha value is -0.990. The van der Waals surface area contributed by atoms with Crippen LogP contribution in [0.3, 0.4) is 0 Å². The van der Waals surface area contributed by atoms with Crippen molar-refractivity contribution >= 4 is 6.03 Å². The molecule has 0 aromatic rings. The van der Waals surface area contributed by atoms with Crippen LogP contribution in [0.2, 0.25) is 0 Å². The molecule has 0 saturated carbocycles. The van der Waals surface area contributed by atoms with Crippen molar-refractivity contribution in [3.05, 3.63) is 12.2 Å². The molecule has 0 aliphatic carbocycles. The largest absolute Gasteiger partial charge is 0.352 e. The predicted molar refractivity (Wildman–Crippen MR) is 97.0 cm³/mol. The highest BCUT2D eigenvalue weighted by molar-refractivity contribution is 5.71. The van der Waals surface area contributed by atoms with Crippen LogP contribution in [0.4, 0.5) is 4.79 Å². The van der Waals surface area contributed by atoms with Gasteiger partial charge >= 0.3 is 6.03 Å². The number of hydrogen-bond donors (Lipinski definition) is 2. The third-order valence-electron chi connectivity index (χ3n) is 3.99. The van der Waals surface area contributed by atoms with E-state index in [1.54, 1.807) is 0 Å². The van der Waals surface area contributed by atoms with Crippen molar-refractivity contribution in [1.29, 1.82) is 0 Å². The number of rotatable bonds is 16. The number of nitrogens with one attached hydrogen (secondary N) is 1. The van der Waals surface area contributed by atoms with Crippen molar-refractivity contribution in [1.82, 2.24) is 5.32 Å². The Bertz CT molecular complexity index is 264. The van der Waals surface area contributed by atoms with Crippen molar-refractivity contribution in [2.45, 2.75) is 96.8 Å². The summed E-state index contributed by atoms with van der Waals surface area (Å²) >= 11 is 0. The molecule has 0 unspecified atom stereocenters. The molecule has 0 radical (unpaired) electrons. The fraction of sp³-hybridized carbons (Fsp3) is 0.842. The first-order chi connectivity index (χ1) is 10.8. The van der Waals surface area contributed by atoms with Crippen LogP contribution in [-0.4, -0.2) is 12.6 Å². The van der Waals surface area contributed by atoms with Gasteiger partial charge in [-0.05, 0) is 32.1 Å². The number of hydrogen-bond acceptors (Lipinski definition) is 1. The molecule has 0 spiro atoms. The predicted octanol–water partition coefficient (Wildman–Crippen LogP) is 5.69. The van der Waals surface area contributed by atoms with Crippen LogP contribution in [0.25, 0.3) is 0 Å². The SMILES string of the molecule is CCCCCCCC/C=C\CCCCCCCCNC(N)=O. The number of carbonyl (C=O) groups excluding carboxylic acids is 1. The lowest BCUT2D eigenvalue weighted by atomic mass is 10.1. The summed E-state index contributed by atoms with van der Waals surface area (Å²) in [6.45, 7) is 2.99. The molecule has 130 valence electrons. The van der Waals surface area contributed by atoms with Gasteiger partial charge in [-0.1, -0.05) is 76.9 Å². The molecule has 0 rings (SSSR count). The standard InChI is InChI=1S/C19H38N2O/c1-2-3-4-5-6-7-8-9-10-11-12-13-14-15-16-17-18-21-19(20)22/h9-10H,2-8,11-18H2,1H3,(H3,20,21,22)/b10-9-. The van der Waals surface area contributed by atoms with E-state index in [0.717, 1.165) is 13.0 Å². The van der Waals surface area contributed by atoms with E-state index in [4.69, 9.17) is 5.73 Å². The number of amides is 2. The summed E-state index contributed by atoms with van der Waals surface area (Å²) in [6.07, 6.45) is 23.0. The molecule has 0 aromatic carbocycles. The summed E-state index contributed by atoms with van der Waals surface area (Å²) in [7, 11) is 0. The quantitative estimate of drug-likeness (QED) is 0.279. The Kier molecular flexibility index (Phi) is 17.2. The molecule has 22 heavy (non-hydrogen) atoms. The molecule has 0 bridgehead atoms. The highest BCUT2D eigenvalue weighted by Crippen LogP contribution is 2.09. The highest BCUT2D eigenvalue weighted by atomic mass is 16.2. The molecular weight excluding hydrogens is 272 g/mol. The number of nitrogens with two attached hydrogens (primary N) is 1. The molecule has 0 aliphatic heterocycles. The van der Waals surface area contributed by atoms with Crippen LogP contribution in [-0.2, 0) is 0 Å². The number of carbonyl (C=O) groups is 1. The number of primary amides is 1. The Morgan fingerprint density at radius 3 is 1.73 bits per heavy atom. The van der Waals surface area contributed by atoms with E-state index in [9.17, 15) is 4.79 Å². The van der Waals surface area contributed by atoms with E-state index in [-0.39, 0.29) is 0 Å². The van der Waals surface area contributed by atoms with Crippen molar-refractivity contribution in [3.63, 3.8) is 0 Å². The first-order valence-corrected chi connectivity index (χ1v) is 9.45. The molecule has 3 N–H and O–H groups in total. The molecule has 0 aromatic heterocycles. The van der Waals surface area contributed by atoms with E-state index < -0.39 is 6.03 Å². The van der Waals surface area contributed by atoms with Gasteiger partial charge < -0.3 is 11.1 Å². The van der Waals surface area contributed by atoms with Gasteiger partial charge in [0.25, 0.3) is 0 Å². The molecule has 2 amide bonds. The van der Waals surface area contributed by atoms with E-state index in [0.29, 0.717) is 0 Å². The lowest BCUT2D eigenvalue weighted by Gasteiger charge is -2.02. The molecule has 0 heterocycles. The van der Waals surface area contributed by atoms with Crippen LogP contribution in [0, 0.1) is 0 Å². The van der Waals surface area contributed by atoms with E-state index in [1.807, 2.05) is 0 Å². The van der Waals surface area contributed by atoms with E-state index in [2.05, 4.69) is 24.4 Å². The molecule has 0 saturated heterocycles. The van der Waals surface area contributed by atoms with Crippen LogP contribution in [0.15, 0.2) is 12.2 Å². The second kappa shape index (κ2) is 18.1. The zero-order valence-electron chi connectivity index (χ0n) is 14.7. The minimum atomic E-state index is -0.409. The fourth-order valence-electron chi connectivity index (χ4n) is 2.58. The molecule has 0 aliphatic rings. The third-order valence-corrected chi connectivity index (χ3v) is 3.99. The average Bonchev–Trinajstić information content (AvgIpc) is 2.50. The summed E-state index contributed by atoms with van der Waals surface area (Å²) in [4.78, 5) is 10.5. The summed E-state index contributed by atoms with van der Waals surface area (Å²) < 4.78 is 0. The maximum Gasteiger partial charge on any atom is 0.312 e. The van der Waals surface area contributed by atoms with Crippen LogP contribution < -0.4 is 11.1 Å². The zero-order valence-corrected chi connectivity index (χ0v) is 14.7. The van der Waals surface area contributed by atoms with Gasteiger partial charge in [-0.15, -0.1) is 0 Å². The van der Waals surface area contributed by atoms with Crippen LogP contribution in [0.5, 0.6) is 0 Å². The number of unbranched alkanes of at least 4 members (excludes halogenated alkanes) is 12. The minimum Gasteiger partial charge on any atom is -0.352 e. The first kappa shape index (κ1) is 21.0. The van der Waals surface area contributed by atoms with Gasteiger partial charge in [-0.3, -0.25) is 0 Å². The molecule has 0 fully saturated rings. The van der Waals surface area contributed by atoms with E-state index >= 15 is 0 Å². The number of allylic oxidation sites excluding steroid dienone is 2. The fourth-order valence-corrected chi connectivity index (χ4v) is 2.58. The summed E-state index contributed by atoms with van der Waals surface area (Å²) in [5.41, 5.74) is 5.00. The first-order valence-electron chi connectivity index (χ1n) is 9.45. The van der Waals surface area contributed by atoms with Gasteiger partial charge in [0.05, 0.1) is 0 Å². The third kappa shape index (κ3) is 19.0. The number of urea groups is 1. The monoisotopic (exact) mass is 310 g/mol. The minimum absolute atomic E-state index is 0.409. The van der Waals surface area contributed by atoms with Crippen LogP contribution >= 0.6 is 0 Å². The second-order valence-corrected chi connectivity index (χ2v) is 6.23. The Morgan fingerprint density at radius 1 is 0.773 bits per heavy atom. The topological polar surface area (TPSA) is 55.1 Å². The zero-order chi connectivity index (χ0) is 16.3. The van der Waals surface area contributed by atoms with Gasteiger partial charge in [0.15, 0.2) is 0 Å². The van der Waals surface area contributed by atoms with E-state index in [1.165, 1.54) is 83.5 Å².